The van der Waals surface area contributed by atoms with E-state index in [1.54, 1.807) is 6.07 Å². The molecule has 1 aliphatic rings. The Morgan fingerprint density at radius 3 is 2.79 bits per heavy atom. The van der Waals surface area contributed by atoms with Gasteiger partial charge in [0.05, 0.1) is 18.7 Å². The molecule has 1 aliphatic heterocycles. The van der Waals surface area contributed by atoms with Crippen LogP contribution in [0, 0.1) is 17.2 Å². The lowest BCUT2D eigenvalue weighted by molar-refractivity contribution is 0.191. The predicted molar refractivity (Wildman–Crippen MR) is 50.8 cm³/mol. The Kier molecular flexibility index (Phi) is 3.48. The smallest absolute Gasteiger partial charge is 0.227 e. The number of nitriles is 1. The molecule has 1 rings (SSSR count). The van der Waals surface area contributed by atoms with Gasteiger partial charge in [0.25, 0.3) is 0 Å². The highest BCUT2D eigenvalue weighted by molar-refractivity contribution is 7.89. The van der Waals surface area contributed by atoms with E-state index in [-0.39, 0.29) is 18.6 Å². The monoisotopic (exact) mass is 218 g/mol. The lowest BCUT2D eigenvalue weighted by Crippen LogP contribution is -2.40. The number of hydrogen-bond donors (Lipinski definition) is 1. The first kappa shape index (κ1) is 11.4. The molecule has 0 bridgehead atoms. The van der Waals surface area contributed by atoms with Gasteiger partial charge in [0, 0.05) is 6.54 Å². The molecule has 0 aromatic carbocycles. The summed E-state index contributed by atoms with van der Waals surface area (Å²) in [7, 11) is -3.49. The summed E-state index contributed by atoms with van der Waals surface area (Å²) in [5.41, 5.74) is 0. The molecule has 0 aliphatic carbocycles. The maximum Gasteiger partial charge on any atom is 0.227 e. The molecule has 0 radical (unpaired) electrons. The van der Waals surface area contributed by atoms with Crippen molar-refractivity contribution in [2.75, 3.05) is 18.9 Å². The second kappa shape index (κ2) is 4.26. The minimum absolute atomic E-state index is 0.161. The van der Waals surface area contributed by atoms with Gasteiger partial charge in [-0.2, -0.15) is 9.57 Å². The summed E-state index contributed by atoms with van der Waals surface area (Å²) >= 11 is 0. The van der Waals surface area contributed by atoms with E-state index in [4.69, 9.17) is 10.4 Å². The molecule has 0 amide bonds. The van der Waals surface area contributed by atoms with Crippen molar-refractivity contribution in [2.45, 2.75) is 19.4 Å². The van der Waals surface area contributed by atoms with Gasteiger partial charge < -0.3 is 5.11 Å². The summed E-state index contributed by atoms with van der Waals surface area (Å²) < 4.78 is 24.3. The van der Waals surface area contributed by atoms with E-state index in [9.17, 15) is 8.42 Å². The Morgan fingerprint density at radius 1 is 1.64 bits per heavy atom. The van der Waals surface area contributed by atoms with Gasteiger partial charge in [-0.05, 0) is 12.3 Å². The molecule has 80 valence electrons. The van der Waals surface area contributed by atoms with Crippen LogP contribution in [0.4, 0.5) is 0 Å². The minimum atomic E-state index is -3.49. The van der Waals surface area contributed by atoms with Crippen molar-refractivity contribution in [1.82, 2.24) is 4.31 Å². The summed E-state index contributed by atoms with van der Waals surface area (Å²) in [6.45, 7) is 2.14. The Balaban J connectivity index is 2.84. The van der Waals surface area contributed by atoms with E-state index < -0.39 is 15.8 Å². The zero-order chi connectivity index (χ0) is 10.8. The lowest BCUT2D eigenvalue weighted by atomic mass is 10.0. The maximum absolute atomic E-state index is 11.5. The van der Waals surface area contributed by atoms with Gasteiger partial charge >= 0.3 is 0 Å². The normalized spacial score (nSPS) is 28.9. The third-order valence-electron chi connectivity index (χ3n) is 2.62. The van der Waals surface area contributed by atoms with Crippen molar-refractivity contribution in [3.8, 4) is 6.07 Å². The second-order valence-corrected chi connectivity index (χ2v) is 5.46. The van der Waals surface area contributed by atoms with Gasteiger partial charge in [-0.15, -0.1) is 0 Å². The molecule has 1 N–H and O–H groups in total. The Bertz CT molecular complexity index is 333. The third kappa shape index (κ3) is 2.05. The predicted octanol–water partition coefficient (Wildman–Crippen LogP) is -0.458. The summed E-state index contributed by atoms with van der Waals surface area (Å²) in [6.07, 6.45) is 0.746. The number of aliphatic hydroxyl groups is 1. The van der Waals surface area contributed by atoms with Gasteiger partial charge in [-0.3, -0.25) is 0 Å². The Labute approximate surface area is 84.0 Å². The van der Waals surface area contributed by atoms with Crippen LogP contribution < -0.4 is 0 Å². The quantitative estimate of drug-likeness (QED) is 0.695. The van der Waals surface area contributed by atoms with Crippen LogP contribution in [-0.2, 0) is 10.0 Å². The average Bonchev–Trinajstić information content (AvgIpc) is 2.47. The van der Waals surface area contributed by atoms with Crippen LogP contribution in [0.15, 0.2) is 0 Å². The molecular weight excluding hydrogens is 204 g/mol. The number of nitrogens with zero attached hydrogens (tertiary/aromatic N) is 2. The van der Waals surface area contributed by atoms with Gasteiger partial charge in [-0.1, -0.05) is 6.92 Å². The molecule has 5 nitrogen and oxygen atoms in total. The van der Waals surface area contributed by atoms with E-state index in [1.807, 2.05) is 6.92 Å². The average molecular weight is 218 g/mol. The van der Waals surface area contributed by atoms with Crippen LogP contribution in [0.1, 0.15) is 13.3 Å². The molecule has 0 spiro atoms. The SMILES string of the molecule is CC1CCN(S(=O)(=O)CC#N)C1CO. The molecule has 2 unspecified atom stereocenters. The second-order valence-electron chi connectivity index (χ2n) is 3.54. The molecule has 1 saturated heterocycles. The van der Waals surface area contributed by atoms with E-state index in [0.29, 0.717) is 6.54 Å². The first-order valence-electron chi connectivity index (χ1n) is 4.50. The van der Waals surface area contributed by atoms with Crippen LogP contribution in [0.25, 0.3) is 0 Å². The summed E-state index contributed by atoms with van der Waals surface area (Å²) in [4.78, 5) is 0. The van der Waals surface area contributed by atoms with Crippen molar-refractivity contribution in [3.05, 3.63) is 0 Å². The van der Waals surface area contributed by atoms with Crippen LogP contribution in [0.5, 0.6) is 0 Å². The molecule has 0 saturated carbocycles. The third-order valence-corrected chi connectivity index (χ3v) is 4.28. The largest absolute Gasteiger partial charge is 0.395 e. The van der Waals surface area contributed by atoms with Crippen molar-refractivity contribution in [1.29, 1.82) is 5.26 Å². The minimum Gasteiger partial charge on any atom is -0.395 e. The lowest BCUT2D eigenvalue weighted by Gasteiger charge is -2.23. The fourth-order valence-electron chi connectivity index (χ4n) is 1.75. The van der Waals surface area contributed by atoms with Crippen molar-refractivity contribution in [2.24, 2.45) is 5.92 Å². The van der Waals surface area contributed by atoms with Crippen molar-refractivity contribution in [3.63, 3.8) is 0 Å². The van der Waals surface area contributed by atoms with Gasteiger partial charge in [0.2, 0.25) is 10.0 Å². The van der Waals surface area contributed by atoms with Gasteiger partial charge in [0.15, 0.2) is 5.75 Å². The number of aliphatic hydroxyl groups excluding tert-OH is 1. The topological polar surface area (TPSA) is 81.4 Å². The fraction of sp³-hybridized carbons (Fsp3) is 0.875. The number of sulfonamides is 1. The number of hydrogen-bond acceptors (Lipinski definition) is 4. The van der Waals surface area contributed by atoms with Crippen molar-refractivity contribution >= 4 is 10.0 Å². The van der Waals surface area contributed by atoms with E-state index in [2.05, 4.69) is 0 Å². The Hall–Kier alpha value is -0.640. The fourth-order valence-corrected chi connectivity index (χ4v) is 3.15. The molecular formula is C8H14N2O3S. The molecule has 14 heavy (non-hydrogen) atoms. The zero-order valence-electron chi connectivity index (χ0n) is 8.05. The molecule has 1 fully saturated rings. The van der Waals surface area contributed by atoms with Crippen molar-refractivity contribution < 1.29 is 13.5 Å². The van der Waals surface area contributed by atoms with Crippen LogP contribution in [0.3, 0.4) is 0 Å². The highest BCUT2D eigenvalue weighted by Gasteiger charge is 2.37. The molecule has 0 aromatic heterocycles. The molecule has 6 heteroatoms. The maximum atomic E-state index is 11.5. The summed E-state index contributed by atoms with van der Waals surface area (Å²) in [5, 5.41) is 17.4. The van der Waals surface area contributed by atoms with Crippen LogP contribution in [-0.4, -0.2) is 42.8 Å². The first-order valence-corrected chi connectivity index (χ1v) is 6.11. The molecule has 1 heterocycles. The number of rotatable bonds is 3. The van der Waals surface area contributed by atoms with Gasteiger partial charge in [0.1, 0.15) is 0 Å². The summed E-state index contributed by atoms with van der Waals surface area (Å²) in [6, 6.07) is 1.28. The van der Waals surface area contributed by atoms with Gasteiger partial charge in [-0.25, -0.2) is 8.42 Å². The molecule has 0 aromatic rings. The zero-order valence-corrected chi connectivity index (χ0v) is 8.87. The van der Waals surface area contributed by atoms with Crippen LogP contribution in [0.2, 0.25) is 0 Å². The molecule has 2 atom stereocenters. The van der Waals surface area contributed by atoms with E-state index in [0.717, 1.165) is 6.42 Å². The van der Waals surface area contributed by atoms with E-state index in [1.165, 1.54) is 4.31 Å². The highest BCUT2D eigenvalue weighted by Crippen LogP contribution is 2.26. The summed E-state index contributed by atoms with van der Waals surface area (Å²) in [5.74, 6) is -0.343. The first-order chi connectivity index (χ1) is 6.53. The Morgan fingerprint density at radius 2 is 2.29 bits per heavy atom. The van der Waals surface area contributed by atoms with E-state index >= 15 is 0 Å². The highest BCUT2D eigenvalue weighted by atomic mass is 32.2. The van der Waals surface area contributed by atoms with Crippen LogP contribution >= 0.6 is 0 Å². The standard InChI is InChI=1S/C8H14N2O3S/c1-7-2-4-10(8(7)6-11)14(12,13)5-3-9/h7-8,11H,2,4-6H2,1H3.